The highest BCUT2D eigenvalue weighted by Gasteiger charge is 2.19. The number of carbonyl (C=O) groups is 1. The number of nitrogens with zero attached hydrogens (tertiary/aromatic N) is 1. The van der Waals surface area contributed by atoms with E-state index in [0.717, 1.165) is 44.2 Å². The van der Waals surface area contributed by atoms with E-state index in [4.69, 9.17) is 5.11 Å². The van der Waals surface area contributed by atoms with E-state index in [9.17, 15) is 9.90 Å². The predicted octanol–water partition coefficient (Wildman–Crippen LogP) is 6.15. The van der Waals surface area contributed by atoms with Gasteiger partial charge in [-0.1, -0.05) is 46.4 Å². The summed E-state index contributed by atoms with van der Waals surface area (Å²) >= 11 is 0. The molecule has 0 aliphatic heterocycles. The normalized spacial score (nSPS) is 13.2. The van der Waals surface area contributed by atoms with E-state index in [2.05, 4.69) is 64.1 Å². The van der Waals surface area contributed by atoms with E-state index in [1.807, 2.05) is 0 Å². The first kappa shape index (κ1) is 25.2. The van der Waals surface area contributed by atoms with Crippen LogP contribution in [-0.2, 0) is 17.8 Å². The lowest BCUT2D eigenvalue weighted by atomic mass is 9.94. The third-order valence-corrected chi connectivity index (χ3v) is 5.10. The quantitative estimate of drug-likeness (QED) is 0.307. The lowest BCUT2D eigenvalue weighted by Crippen LogP contribution is -2.15. The zero-order valence-electron chi connectivity index (χ0n) is 19.1. The Labute approximate surface area is 177 Å². The standard InChI is InChI=1S/C25H41NO3/c1-7-8-9-13-22(27)16-15-21-17-26(18-25(4,5)6)20(3)24(21)19(2)12-10-11-14-23(28)29/h8-9,17,22,27H,2,7,10-16,18H2,1,3-6H3,(H,28,29). The second-order valence-corrected chi connectivity index (χ2v) is 9.32. The summed E-state index contributed by atoms with van der Waals surface area (Å²) in [5.74, 6) is -0.741. The van der Waals surface area contributed by atoms with Crippen LogP contribution >= 0.6 is 0 Å². The van der Waals surface area contributed by atoms with E-state index < -0.39 is 5.97 Å². The molecule has 0 saturated heterocycles. The van der Waals surface area contributed by atoms with Crippen molar-refractivity contribution in [3.63, 3.8) is 0 Å². The number of aryl methyl sites for hydroxylation is 1. The van der Waals surface area contributed by atoms with Crippen LogP contribution in [0.1, 0.15) is 89.5 Å². The number of aliphatic hydroxyl groups excluding tert-OH is 1. The van der Waals surface area contributed by atoms with Crippen molar-refractivity contribution in [3.05, 3.63) is 41.7 Å². The van der Waals surface area contributed by atoms with E-state index in [0.29, 0.717) is 12.8 Å². The van der Waals surface area contributed by atoms with Gasteiger partial charge < -0.3 is 14.8 Å². The van der Waals surface area contributed by atoms with Gasteiger partial charge in [0.2, 0.25) is 0 Å². The van der Waals surface area contributed by atoms with Crippen molar-refractivity contribution in [1.29, 1.82) is 0 Å². The maximum absolute atomic E-state index is 10.7. The summed E-state index contributed by atoms with van der Waals surface area (Å²) in [6, 6.07) is 0. The van der Waals surface area contributed by atoms with Crippen LogP contribution in [0.15, 0.2) is 24.9 Å². The zero-order valence-corrected chi connectivity index (χ0v) is 19.1. The maximum atomic E-state index is 10.7. The van der Waals surface area contributed by atoms with Gasteiger partial charge in [-0.25, -0.2) is 0 Å². The van der Waals surface area contributed by atoms with Gasteiger partial charge in [0.1, 0.15) is 0 Å². The van der Waals surface area contributed by atoms with E-state index in [1.54, 1.807) is 0 Å². The van der Waals surface area contributed by atoms with Gasteiger partial charge in [-0.05, 0) is 68.4 Å². The van der Waals surface area contributed by atoms with Crippen molar-refractivity contribution in [2.45, 2.75) is 98.6 Å². The Morgan fingerprint density at radius 3 is 2.48 bits per heavy atom. The summed E-state index contributed by atoms with van der Waals surface area (Å²) in [6.07, 6.45) is 11.8. The van der Waals surface area contributed by atoms with Gasteiger partial charge in [0.25, 0.3) is 0 Å². The Morgan fingerprint density at radius 2 is 1.90 bits per heavy atom. The largest absolute Gasteiger partial charge is 0.481 e. The summed E-state index contributed by atoms with van der Waals surface area (Å²) in [5.41, 5.74) is 4.93. The third kappa shape index (κ3) is 9.49. The highest BCUT2D eigenvalue weighted by Crippen LogP contribution is 2.31. The maximum Gasteiger partial charge on any atom is 0.303 e. The minimum atomic E-state index is -0.741. The van der Waals surface area contributed by atoms with Gasteiger partial charge in [0.05, 0.1) is 6.10 Å². The molecule has 1 unspecified atom stereocenters. The molecule has 0 radical (unpaired) electrons. The number of carboxylic acids is 1. The lowest BCUT2D eigenvalue weighted by molar-refractivity contribution is -0.137. The first-order valence-electron chi connectivity index (χ1n) is 11.0. The number of unbranched alkanes of at least 4 members (excludes halogenated alkanes) is 1. The Bertz CT molecular complexity index is 692. The molecule has 1 aromatic heterocycles. The number of rotatable bonds is 13. The molecule has 0 amide bonds. The van der Waals surface area contributed by atoms with Crippen molar-refractivity contribution in [2.75, 3.05) is 0 Å². The molecular formula is C25H41NO3. The average molecular weight is 404 g/mol. The number of aromatic nitrogens is 1. The molecule has 164 valence electrons. The zero-order chi connectivity index (χ0) is 22.0. The van der Waals surface area contributed by atoms with Crippen LogP contribution in [0.5, 0.6) is 0 Å². The Kier molecular flexibility index (Phi) is 10.5. The fourth-order valence-electron chi connectivity index (χ4n) is 3.67. The van der Waals surface area contributed by atoms with Gasteiger partial charge in [0, 0.05) is 30.4 Å². The first-order valence-corrected chi connectivity index (χ1v) is 11.0. The summed E-state index contributed by atoms with van der Waals surface area (Å²) < 4.78 is 2.32. The van der Waals surface area contributed by atoms with Crippen molar-refractivity contribution >= 4 is 11.5 Å². The van der Waals surface area contributed by atoms with E-state index in [1.165, 1.54) is 16.8 Å². The van der Waals surface area contributed by atoms with Gasteiger partial charge in [-0.15, -0.1) is 0 Å². The van der Waals surface area contributed by atoms with Gasteiger partial charge in [-0.2, -0.15) is 0 Å². The van der Waals surface area contributed by atoms with Crippen LogP contribution < -0.4 is 0 Å². The van der Waals surface area contributed by atoms with Crippen LogP contribution in [0.4, 0.5) is 0 Å². The minimum absolute atomic E-state index is 0.172. The second-order valence-electron chi connectivity index (χ2n) is 9.32. The number of allylic oxidation sites excluding steroid dienone is 2. The first-order chi connectivity index (χ1) is 13.5. The van der Waals surface area contributed by atoms with Gasteiger partial charge in [0.15, 0.2) is 0 Å². The SMILES string of the molecule is C=C(CCCCC(=O)O)c1c(CCC(O)CC=CCC)cn(CC(C)(C)C)c1C. The molecule has 1 atom stereocenters. The van der Waals surface area contributed by atoms with Crippen LogP contribution in [0.3, 0.4) is 0 Å². The summed E-state index contributed by atoms with van der Waals surface area (Å²) in [6.45, 7) is 16.2. The number of carboxylic acid groups (broad SMARTS) is 1. The van der Waals surface area contributed by atoms with Crippen LogP contribution in [0.25, 0.3) is 5.57 Å². The molecule has 0 aliphatic carbocycles. The van der Waals surface area contributed by atoms with Gasteiger partial charge in [-0.3, -0.25) is 4.79 Å². The molecule has 0 aliphatic rings. The lowest BCUT2D eigenvalue weighted by Gasteiger charge is -2.20. The molecule has 0 spiro atoms. The number of aliphatic carboxylic acids is 1. The number of aliphatic hydroxyl groups is 1. The number of hydrogen-bond acceptors (Lipinski definition) is 2. The molecule has 29 heavy (non-hydrogen) atoms. The fraction of sp³-hybridized carbons (Fsp3) is 0.640. The van der Waals surface area contributed by atoms with Crippen LogP contribution in [0, 0.1) is 12.3 Å². The molecule has 2 N–H and O–H groups in total. The van der Waals surface area contributed by atoms with Crippen LogP contribution in [-0.4, -0.2) is 26.9 Å². The van der Waals surface area contributed by atoms with Crippen molar-refractivity contribution in [1.82, 2.24) is 4.57 Å². The third-order valence-electron chi connectivity index (χ3n) is 5.10. The minimum Gasteiger partial charge on any atom is -0.481 e. The molecule has 1 heterocycles. The average Bonchev–Trinajstić information content (AvgIpc) is 2.91. The summed E-state index contributed by atoms with van der Waals surface area (Å²) in [4.78, 5) is 10.7. The molecule has 1 aromatic rings. The molecule has 4 heteroatoms. The fourth-order valence-corrected chi connectivity index (χ4v) is 3.67. The molecule has 4 nitrogen and oxygen atoms in total. The number of hydrogen-bond donors (Lipinski definition) is 2. The topological polar surface area (TPSA) is 62.5 Å². The van der Waals surface area contributed by atoms with Gasteiger partial charge >= 0.3 is 5.97 Å². The molecule has 0 fully saturated rings. The molecule has 0 aromatic carbocycles. The van der Waals surface area contributed by atoms with Crippen molar-refractivity contribution in [3.8, 4) is 0 Å². The second kappa shape index (κ2) is 12.0. The smallest absolute Gasteiger partial charge is 0.303 e. The Hall–Kier alpha value is -1.81. The van der Waals surface area contributed by atoms with E-state index in [-0.39, 0.29) is 17.9 Å². The van der Waals surface area contributed by atoms with Crippen LogP contribution in [0.2, 0.25) is 0 Å². The Balaban J connectivity index is 2.93. The Morgan fingerprint density at radius 1 is 1.24 bits per heavy atom. The van der Waals surface area contributed by atoms with Crippen molar-refractivity contribution in [2.24, 2.45) is 5.41 Å². The molecule has 0 saturated carbocycles. The molecule has 1 rings (SSSR count). The highest BCUT2D eigenvalue weighted by molar-refractivity contribution is 5.69. The van der Waals surface area contributed by atoms with Crippen molar-refractivity contribution < 1.29 is 15.0 Å². The summed E-state index contributed by atoms with van der Waals surface area (Å²) in [7, 11) is 0. The van der Waals surface area contributed by atoms with E-state index >= 15 is 0 Å². The predicted molar refractivity (Wildman–Crippen MR) is 122 cm³/mol. The summed E-state index contributed by atoms with van der Waals surface area (Å²) in [5, 5.41) is 19.2. The monoisotopic (exact) mass is 403 g/mol. The molecule has 0 bridgehead atoms. The molecular weight excluding hydrogens is 362 g/mol. The highest BCUT2D eigenvalue weighted by atomic mass is 16.4.